The molecule has 0 bridgehead atoms. The fourth-order valence-electron chi connectivity index (χ4n) is 1.12. The topological polar surface area (TPSA) is 21.3 Å². The van der Waals surface area contributed by atoms with E-state index in [1.807, 2.05) is 0 Å². The molecule has 0 amide bonds. The Bertz CT molecular complexity index is 307. The van der Waals surface area contributed by atoms with Gasteiger partial charge in [-0.05, 0) is 24.6 Å². The predicted octanol–water partition coefficient (Wildman–Crippen LogP) is 3.32. The van der Waals surface area contributed by atoms with Crippen molar-refractivity contribution in [2.75, 3.05) is 25.1 Å². The largest absolute Gasteiger partial charge is 0.383 e. The molecule has 4 heteroatoms. The Kier molecular flexibility index (Phi) is 5.43. The minimum atomic E-state index is -0.406. The van der Waals surface area contributed by atoms with Gasteiger partial charge in [0.15, 0.2) is 0 Å². The molecule has 0 spiro atoms. The first-order valence-corrected chi connectivity index (χ1v) is 5.38. The zero-order valence-corrected chi connectivity index (χ0v) is 9.48. The van der Waals surface area contributed by atoms with E-state index >= 15 is 0 Å². The van der Waals surface area contributed by atoms with E-state index in [4.69, 9.17) is 16.3 Å². The van der Waals surface area contributed by atoms with E-state index in [0.29, 0.717) is 13.2 Å². The summed E-state index contributed by atoms with van der Waals surface area (Å²) in [7, 11) is 0. The maximum atomic E-state index is 13.0. The summed E-state index contributed by atoms with van der Waals surface area (Å²) in [6, 6.07) is 4.65. The minimum Gasteiger partial charge on any atom is -0.383 e. The molecule has 0 saturated heterocycles. The first kappa shape index (κ1) is 12.3. The summed E-state index contributed by atoms with van der Waals surface area (Å²) >= 11 is 5.56. The zero-order valence-electron chi connectivity index (χ0n) is 8.72. The van der Waals surface area contributed by atoms with Crippen LogP contribution in [0.25, 0.3) is 0 Å². The maximum Gasteiger partial charge on any atom is 0.143 e. The number of anilines is 1. The Labute approximate surface area is 94.4 Å². The van der Waals surface area contributed by atoms with E-state index in [1.54, 1.807) is 6.07 Å². The third kappa shape index (κ3) is 4.49. The van der Waals surface area contributed by atoms with Crippen molar-refractivity contribution in [3.05, 3.63) is 29.0 Å². The summed E-state index contributed by atoms with van der Waals surface area (Å²) in [5, 5.41) is 3.19. The van der Waals surface area contributed by atoms with Gasteiger partial charge in [-0.15, -0.1) is 0 Å². The highest BCUT2D eigenvalue weighted by Gasteiger charge is 1.99. The van der Waals surface area contributed by atoms with Gasteiger partial charge >= 0.3 is 0 Å². The summed E-state index contributed by atoms with van der Waals surface area (Å²) in [5.41, 5.74) is 0.719. The summed E-state index contributed by atoms with van der Waals surface area (Å²) in [6.45, 7) is 4.11. The molecule has 2 nitrogen and oxygen atoms in total. The second kappa shape index (κ2) is 6.64. The minimum absolute atomic E-state index is 0.141. The first-order valence-electron chi connectivity index (χ1n) is 5.00. The molecule has 1 rings (SSSR count). The van der Waals surface area contributed by atoms with Crippen LogP contribution in [0.4, 0.5) is 10.1 Å². The lowest BCUT2D eigenvalue weighted by molar-refractivity contribution is 0.144. The fraction of sp³-hybridized carbons (Fsp3) is 0.455. The van der Waals surface area contributed by atoms with E-state index in [1.165, 1.54) is 12.1 Å². The van der Waals surface area contributed by atoms with Gasteiger partial charge in [-0.25, -0.2) is 4.39 Å². The molecule has 0 radical (unpaired) electrons. The van der Waals surface area contributed by atoms with Crippen molar-refractivity contribution in [3.8, 4) is 0 Å². The molecule has 1 N–H and O–H groups in total. The average Bonchev–Trinajstić information content (AvgIpc) is 2.23. The van der Waals surface area contributed by atoms with Gasteiger partial charge in [0.1, 0.15) is 5.82 Å². The summed E-state index contributed by atoms with van der Waals surface area (Å²) < 4.78 is 18.3. The van der Waals surface area contributed by atoms with Crippen LogP contribution in [-0.2, 0) is 4.74 Å². The third-order valence-electron chi connectivity index (χ3n) is 1.84. The normalized spacial score (nSPS) is 10.3. The highest BCUT2D eigenvalue weighted by atomic mass is 35.5. The number of ether oxygens (including phenoxy) is 1. The number of nitrogens with one attached hydrogen (secondary N) is 1. The Balaban J connectivity index is 2.28. The smallest absolute Gasteiger partial charge is 0.143 e. The van der Waals surface area contributed by atoms with Crippen LogP contribution in [0.1, 0.15) is 13.3 Å². The van der Waals surface area contributed by atoms with Crippen molar-refractivity contribution in [2.45, 2.75) is 13.3 Å². The molecule has 1 aromatic rings. The molecule has 0 unspecified atom stereocenters. The van der Waals surface area contributed by atoms with E-state index in [9.17, 15) is 4.39 Å². The van der Waals surface area contributed by atoms with E-state index in [-0.39, 0.29) is 5.02 Å². The summed E-state index contributed by atoms with van der Waals surface area (Å²) in [5.74, 6) is -0.406. The van der Waals surface area contributed by atoms with Gasteiger partial charge in [0.2, 0.25) is 0 Å². The highest BCUT2D eigenvalue weighted by Crippen LogP contribution is 2.18. The maximum absolute atomic E-state index is 13.0. The van der Waals surface area contributed by atoms with Crippen LogP contribution in [0.5, 0.6) is 0 Å². The van der Waals surface area contributed by atoms with Crippen LogP contribution in [0.2, 0.25) is 5.02 Å². The quantitative estimate of drug-likeness (QED) is 0.759. The predicted molar refractivity (Wildman–Crippen MR) is 61.0 cm³/mol. The zero-order chi connectivity index (χ0) is 11.1. The molecule has 0 aromatic heterocycles. The number of hydrogen-bond acceptors (Lipinski definition) is 2. The molecular weight excluding hydrogens is 217 g/mol. The number of halogens is 2. The van der Waals surface area contributed by atoms with Crippen LogP contribution in [0, 0.1) is 5.82 Å². The summed E-state index contributed by atoms with van der Waals surface area (Å²) in [6.07, 6.45) is 1.01. The van der Waals surface area contributed by atoms with Crippen molar-refractivity contribution in [1.82, 2.24) is 0 Å². The molecule has 0 aliphatic heterocycles. The van der Waals surface area contributed by atoms with Crippen LogP contribution in [-0.4, -0.2) is 19.8 Å². The Morgan fingerprint density at radius 2 is 2.20 bits per heavy atom. The van der Waals surface area contributed by atoms with Gasteiger partial charge in [-0.2, -0.15) is 0 Å². The van der Waals surface area contributed by atoms with Gasteiger partial charge in [-0.3, -0.25) is 0 Å². The second-order valence-corrected chi connectivity index (χ2v) is 3.58. The van der Waals surface area contributed by atoms with Crippen LogP contribution < -0.4 is 5.32 Å². The fourth-order valence-corrected chi connectivity index (χ4v) is 1.24. The Hall–Kier alpha value is -0.800. The number of rotatable bonds is 6. The van der Waals surface area contributed by atoms with Crippen LogP contribution >= 0.6 is 11.6 Å². The third-order valence-corrected chi connectivity index (χ3v) is 2.15. The van der Waals surface area contributed by atoms with Crippen LogP contribution in [0.15, 0.2) is 18.2 Å². The molecule has 0 aliphatic rings. The molecular formula is C11H15ClFNO. The lowest BCUT2D eigenvalue weighted by atomic mass is 10.3. The van der Waals surface area contributed by atoms with E-state index < -0.39 is 5.82 Å². The lowest BCUT2D eigenvalue weighted by Crippen LogP contribution is -2.09. The van der Waals surface area contributed by atoms with Gasteiger partial charge in [0.25, 0.3) is 0 Å². The van der Waals surface area contributed by atoms with Crippen molar-refractivity contribution < 1.29 is 9.13 Å². The van der Waals surface area contributed by atoms with Crippen molar-refractivity contribution in [2.24, 2.45) is 0 Å². The molecule has 0 fully saturated rings. The van der Waals surface area contributed by atoms with Crippen molar-refractivity contribution in [3.63, 3.8) is 0 Å². The molecule has 0 saturated carbocycles. The van der Waals surface area contributed by atoms with Crippen LogP contribution in [0.3, 0.4) is 0 Å². The lowest BCUT2D eigenvalue weighted by Gasteiger charge is -2.07. The molecule has 0 heterocycles. The van der Waals surface area contributed by atoms with Crippen molar-refractivity contribution >= 4 is 17.3 Å². The van der Waals surface area contributed by atoms with E-state index in [0.717, 1.165) is 18.7 Å². The Morgan fingerprint density at radius 3 is 2.87 bits per heavy atom. The number of hydrogen-bond donors (Lipinski definition) is 1. The molecule has 15 heavy (non-hydrogen) atoms. The first-order chi connectivity index (χ1) is 7.24. The SMILES string of the molecule is CCCOCCNc1ccc(Cl)c(F)c1. The average molecular weight is 232 g/mol. The monoisotopic (exact) mass is 231 g/mol. The molecule has 1 aromatic carbocycles. The van der Waals surface area contributed by atoms with Gasteiger partial charge in [0, 0.05) is 18.8 Å². The molecule has 0 aliphatic carbocycles. The van der Waals surface area contributed by atoms with Gasteiger partial charge in [0.05, 0.1) is 11.6 Å². The Morgan fingerprint density at radius 1 is 1.40 bits per heavy atom. The summed E-state index contributed by atoms with van der Waals surface area (Å²) in [4.78, 5) is 0. The van der Waals surface area contributed by atoms with Gasteiger partial charge < -0.3 is 10.1 Å². The standard InChI is InChI=1S/C11H15ClFNO/c1-2-6-15-7-5-14-9-3-4-10(12)11(13)8-9/h3-4,8,14H,2,5-7H2,1H3. The molecule has 84 valence electrons. The molecule has 0 atom stereocenters. The van der Waals surface area contributed by atoms with E-state index in [2.05, 4.69) is 12.2 Å². The van der Waals surface area contributed by atoms with Crippen molar-refractivity contribution in [1.29, 1.82) is 0 Å². The second-order valence-electron chi connectivity index (χ2n) is 3.17. The highest BCUT2D eigenvalue weighted by molar-refractivity contribution is 6.30. The number of benzene rings is 1. The van der Waals surface area contributed by atoms with Gasteiger partial charge in [-0.1, -0.05) is 18.5 Å².